The second-order valence-electron chi connectivity index (χ2n) is 10.1. The Morgan fingerprint density at radius 3 is 2.83 bits per heavy atom. The monoisotopic (exact) mass is 577 g/mol. The molecule has 10 nitrogen and oxygen atoms in total. The number of benzene rings is 1. The van der Waals surface area contributed by atoms with Crippen molar-refractivity contribution in [2.75, 3.05) is 25.0 Å². The summed E-state index contributed by atoms with van der Waals surface area (Å²) >= 11 is 1.42. The number of carbonyl (C=O) groups excluding carboxylic acids is 1. The zero-order chi connectivity index (χ0) is 28.3. The van der Waals surface area contributed by atoms with Crippen LogP contribution >= 0.6 is 11.5 Å². The van der Waals surface area contributed by atoms with Gasteiger partial charge in [0.15, 0.2) is 23.1 Å². The Hall–Kier alpha value is -4.23. The van der Waals surface area contributed by atoms with Crippen LogP contribution in [0.2, 0.25) is 0 Å². The summed E-state index contributed by atoms with van der Waals surface area (Å²) in [6.45, 7) is 5.56. The molecule has 1 aliphatic heterocycles. The molecule has 0 spiro atoms. The minimum atomic E-state index is -1.16. The zero-order valence-corrected chi connectivity index (χ0v) is 23.3. The second kappa shape index (κ2) is 11.7. The highest BCUT2D eigenvalue weighted by atomic mass is 32.1. The molecule has 0 aliphatic carbocycles. The maximum absolute atomic E-state index is 13.9. The van der Waals surface area contributed by atoms with Crippen molar-refractivity contribution < 1.29 is 13.6 Å². The van der Waals surface area contributed by atoms with E-state index < -0.39 is 17.5 Å². The summed E-state index contributed by atoms with van der Waals surface area (Å²) in [4.78, 5) is 24.0. The van der Waals surface area contributed by atoms with Crippen LogP contribution in [0.25, 0.3) is 16.9 Å². The van der Waals surface area contributed by atoms with Gasteiger partial charge in [-0.2, -0.15) is 9.47 Å². The maximum atomic E-state index is 13.9. The minimum absolute atomic E-state index is 0.189. The van der Waals surface area contributed by atoms with Crippen molar-refractivity contribution in [1.82, 2.24) is 38.7 Å². The van der Waals surface area contributed by atoms with E-state index >= 15 is 0 Å². The molecule has 5 heterocycles. The topological polar surface area (TPSA) is 105 Å². The Bertz CT molecular complexity index is 1690. The number of piperidine rings is 1. The molecular weight excluding hydrogens is 548 g/mol. The highest BCUT2D eigenvalue weighted by Gasteiger charge is 2.17. The van der Waals surface area contributed by atoms with E-state index in [1.165, 1.54) is 42.9 Å². The summed E-state index contributed by atoms with van der Waals surface area (Å²) in [6, 6.07) is 5.59. The zero-order valence-electron chi connectivity index (χ0n) is 22.5. The molecule has 6 rings (SSSR count). The molecule has 1 fully saturated rings. The van der Waals surface area contributed by atoms with Crippen LogP contribution in [-0.4, -0.2) is 59.0 Å². The summed E-state index contributed by atoms with van der Waals surface area (Å²) in [5, 5.41) is 11.3. The predicted octanol–water partition coefficient (Wildman–Crippen LogP) is 4.80. The summed E-state index contributed by atoms with van der Waals surface area (Å²) in [7, 11) is 0. The van der Waals surface area contributed by atoms with E-state index in [0.29, 0.717) is 18.0 Å². The number of fused-ring (bicyclic) bond motifs is 1. The van der Waals surface area contributed by atoms with Crippen molar-refractivity contribution in [1.29, 1.82) is 0 Å². The molecule has 4 aromatic heterocycles. The average molecular weight is 578 g/mol. The fourth-order valence-corrected chi connectivity index (χ4v) is 5.65. The van der Waals surface area contributed by atoms with Crippen LogP contribution in [0.3, 0.4) is 0 Å². The highest BCUT2D eigenvalue weighted by molar-refractivity contribution is 7.10. The van der Waals surface area contributed by atoms with Crippen LogP contribution in [0, 0.1) is 18.6 Å². The van der Waals surface area contributed by atoms with Crippen LogP contribution in [0.1, 0.15) is 41.0 Å². The van der Waals surface area contributed by atoms with Crippen LogP contribution in [0.15, 0.2) is 49.1 Å². The molecule has 0 atom stereocenters. The highest BCUT2D eigenvalue weighted by Crippen LogP contribution is 2.28. The largest absolute Gasteiger partial charge is 0.350 e. The first-order valence-corrected chi connectivity index (χ1v) is 14.3. The number of hydrogen-bond acceptors (Lipinski definition) is 8. The predicted molar refractivity (Wildman–Crippen MR) is 152 cm³/mol. The lowest BCUT2D eigenvalue weighted by Gasteiger charge is -2.25. The molecule has 41 heavy (non-hydrogen) atoms. The Morgan fingerprint density at radius 1 is 1.12 bits per heavy atom. The van der Waals surface area contributed by atoms with E-state index in [1.54, 1.807) is 17.1 Å². The van der Waals surface area contributed by atoms with E-state index in [0.717, 1.165) is 53.3 Å². The number of amides is 1. The minimum Gasteiger partial charge on any atom is -0.350 e. The maximum Gasteiger partial charge on any atom is 0.254 e. The first-order chi connectivity index (χ1) is 19.9. The number of likely N-dealkylation sites (tertiary alicyclic amines) is 1. The van der Waals surface area contributed by atoms with Crippen LogP contribution in [0.4, 0.5) is 19.6 Å². The van der Waals surface area contributed by atoms with E-state index in [4.69, 9.17) is 4.98 Å². The number of nitrogens with zero attached hydrogens (tertiary/aromatic N) is 7. The molecule has 1 aromatic carbocycles. The summed E-state index contributed by atoms with van der Waals surface area (Å²) in [6.07, 6.45) is 11.1. The lowest BCUT2D eigenvalue weighted by atomic mass is 10.1. The van der Waals surface area contributed by atoms with Gasteiger partial charge in [-0.1, -0.05) is 12.5 Å². The molecule has 13 heteroatoms. The SMILES string of the molecule is Cc1cn2c(-c3cnn(CCNC(=O)c4cccc(F)c4F)c3)cnc2c(Nc2cc(CN3CCCCC3)ns2)n1. The number of aromatic nitrogens is 6. The Balaban J connectivity index is 1.13. The van der Waals surface area contributed by atoms with Crippen molar-refractivity contribution in [3.8, 4) is 11.3 Å². The van der Waals surface area contributed by atoms with Crippen molar-refractivity contribution >= 4 is 33.9 Å². The third-order valence-electron chi connectivity index (χ3n) is 7.00. The Labute approximate surface area is 239 Å². The molecular formula is C28H29F2N9OS. The van der Waals surface area contributed by atoms with Crippen LogP contribution < -0.4 is 10.6 Å². The molecule has 2 N–H and O–H groups in total. The van der Waals surface area contributed by atoms with Gasteiger partial charge >= 0.3 is 0 Å². The van der Waals surface area contributed by atoms with Gasteiger partial charge in [0, 0.05) is 31.0 Å². The molecule has 1 aliphatic rings. The van der Waals surface area contributed by atoms with Gasteiger partial charge in [-0.05, 0) is 62.6 Å². The molecule has 1 saturated heterocycles. The number of nitrogens with one attached hydrogen (secondary N) is 2. The van der Waals surface area contributed by atoms with Crippen molar-refractivity contribution in [2.45, 2.75) is 39.3 Å². The van der Waals surface area contributed by atoms with E-state index in [1.807, 2.05) is 23.7 Å². The van der Waals surface area contributed by atoms with Gasteiger partial charge in [-0.25, -0.2) is 18.7 Å². The number of halogens is 2. The summed E-state index contributed by atoms with van der Waals surface area (Å²) in [5.41, 5.74) is 3.88. The third-order valence-corrected chi connectivity index (χ3v) is 7.74. The van der Waals surface area contributed by atoms with Crippen molar-refractivity contribution in [3.63, 3.8) is 0 Å². The number of hydrogen-bond donors (Lipinski definition) is 2. The number of aryl methyl sites for hydroxylation is 1. The number of carbonyl (C=O) groups is 1. The van der Waals surface area contributed by atoms with Gasteiger partial charge in [0.2, 0.25) is 0 Å². The van der Waals surface area contributed by atoms with Gasteiger partial charge < -0.3 is 10.6 Å². The van der Waals surface area contributed by atoms with Gasteiger partial charge in [-0.3, -0.25) is 18.8 Å². The van der Waals surface area contributed by atoms with Gasteiger partial charge in [-0.15, -0.1) is 0 Å². The lowest BCUT2D eigenvalue weighted by molar-refractivity contribution is 0.0947. The molecule has 0 saturated carbocycles. The van der Waals surface area contributed by atoms with Crippen LogP contribution in [0.5, 0.6) is 0 Å². The Kier molecular flexibility index (Phi) is 7.70. The first kappa shape index (κ1) is 27.0. The van der Waals surface area contributed by atoms with Gasteiger partial charge in [0.25, 0.3) is 5.91 Å². The molecule has 0 radical (unpaired) electrons. The van der Waals surface area contributed by atoms with E-state index in [-0.39, 0.29) is 12.1 Å². The number of imidazole rings is 1. The molecule has 0 bridgehead atoms. The number of rotatable bonds is 9. The fourth-order valence-electron chi connectivity index (χ4n) is 4.99. The third kappa shape index (κ3) is 5.95. The summed E-state index contributed by atoms with van der Waals surface area (Å²) < 4.78 is 35.6. The normalized spacial score (nSPS) is 14.0. The van der Waals surface area contributed by atoms with Crippen LogP contribution in [-0.2, 0) is 13.1 Å². The number of anilines is 2. The average Bonchev–Trinajstić information content (AvgIpc) is 3.71. The quantitative estimate of drug-likeness (QED) is 0.259. The van der Waals surface area contributed by atoms with Gasteiger partial charge in [0.05, 0.1) is 41.6 Å². The lowest BCUT2D eigenvalue weighted by Crippen LogP contribution is -2.29. The fraction of sp³-hybridized carbons (Fsp3) is 0.321. The van der Waals surface area contributed by atoms with E-state index in [2.05, 4.69) is 36.1 Å². The van der Waals surface area contributed by atoms with Crippen molar-refractivity contribution in [3.05, 3.63) is 77.6 Å². The molecule has 212 valence electrons. The summed E-state index contributed by atoms with van der Waals surface area (Å²) in [5.74, 6) is -2.26. The molecule has 1 amide bonds. The van der Waals surface area contributed by atoms with E-state index in [9.17, 15) is 13.6 Å². The van der Waals surface area contributed by atoms with Crippen molar-refractivity contribution in [2.24, 2.45) is 0 Å². The Morgan fingerprint density at radius 2 is 1.98 bits per heavy atom. The molecule has 0 unspecified atom stereocenters. The standard InChI is InChI=1S/C28H29F2N9OS/c1-18-15-39-23(19-13-33-38(16-19)11-8-31-28(40)21-6-5-7-22(29)25(21)30)14-32-27(39)26(34-18)35-24-12-20(36-41-24)17-37-9-3-2-4-10-37/h5-7,12-16H,2-4,8-11,17H2,1H3,(H,31,40)(H,34,35). The second-order valence-corrected chi connectivity index (χ2v) is 10.9. The molecule has 5 aromatic rings. The van der Waals surface area contributed by atoms with Gasteiger partial charge in [0.1, 0.15) is 5.00 Å². The smallest absolute Gasteiger partial charge is 0.254 e. The first-order valence-electron chi connectivity index (χ1n) is 13.5.